The van der Waals surface area contributed by atoms with Crippen LogP contribution in [0, 0.1) is 6.92 Å². The quantitative estimate of drug-likeness (QED) is 0.793. The van der Waals surface area contributed by atoms with E-state index in [9.17, 15) is 4.79 Å². The summed E-state index contributed by atoms with van der Waals surface area (Å²) in [6, 6.07) is 11.6. The van der Waals surface area contributed by atoms with Crippen LogP contribution in [-0.4, -0.2) is 20.5 Å². The van der Waals surface area contributed by atoms with Crippen LogP contribution in [0.25, 0.3) is 5.52 Å². The standard InChI is InChI=1S/C16H14N2O2/c1-11-2-4-12(5-3-11)8-15-17-10-14-9-13(16(19)20)6-7-18(14)15/h2-7,9-10H,8H2,1H3,(H,19,20). The Hall–Kier alpha value is -2.62. The molecular weight excluding hydrogens is 252 g/mol. The lowest BCUT2D eigenvalue weighted by molar-refractivity contribution is 0.0697. The van der Waals surface area contributed by atoms with Crippen LogP contribution in [0.2, 0.25) is 0 Å². The zero-order valence-corrected chi connectivity index (χ0v) is 11.1. The van der Waals surface area contributed by atoms with Crippen molar-refractivity contribution in [2.45, 2.75) is 13.3 Å². The maximum atomic E-state index is 10.9. The zero-order valence-electron chi connectivity index (χ0n) is 11.1. The predicted molar refractivity (Wildman–Crippen MR) is 76.1 cm³/mol. The molecule has 0 amide bonds. The summed E-state index contributed by atoms with van der Waals surface area (Å²) in [5.74, 6) is -0.0189. The molecule has 0 bridgehead atoms. The Balaban J connectivity index is 1.96. The summed E-state index contributed by atoms with van der Waals surface area (Å²) in [4.78, 5) is 15.3. The van der Waals surface area contributed by atoms with Crippen LogP contribution in [0.5, 0.6) is 0 Å². The second-order valence-electron chi connectivity index (χ2n) is 4.85. The lowest BCUT2D eigenvalue weighted by Gasteiger charge is -2.03. The van der Waals surface area contributed by atoms with Gasteiger partial charge in [0.05, 0.1) is 17.3 Å². The topological polar surface area (TPSA) is 54.6 Å². The molecule has 20 heavy (non-hydrogen) atoms. The monoisotopic (exact) mass is 266 g/mol. The van der Waals surface area contributed by atoms with Crippen LogP contribution in [0.4, 0.5) is 0 Å². The van der Waals surface area contributed by atoms with Gasteiger partial charge >= 0.3 is 5.97 Å². The third kappa shape index (κ3) is 2.28. The highest BCUT2D eigenvalue weighted by atomic mass is 16.4. The van der Waals surface area contributed by atoms with E-state index in [4.69, 9.17) is 5.11 Å². The highest BCUT2D eigenvalue weighted by Crippen LogP contribution is 2.14. The summed E-state index contributed by atoms with van der Waals surface area (Å²) in [7, 11) is 0. The molecular formula is C16H14N2O2. The number of carbonyl (C=O) groups is 1. The van der Waals surface area contributed by atoms with Crippen LogP contribution in [0.3, 0.4) is 0 Å². The van der Waals surface area contributed by atoms with Gasteiger partial charge < -0.3 is 9.51 Å². The van der Waals surface area contributed by atoms with Crippen molar-refractivity contribution in [1.82, 2.24) is 9.38 Å². The van der Waals surface area contributed by atoms with Crippen molar-refractivity contribution >= 4 is 11.5 Å². The number of aromatic carboxylic acids is 1. The number of rotatable bonds is 3. The molecule has 0 fully saturated rings. The molecule has 0 aliphatic heterocycles. The normalized spacial score (nSPS) is 10.8. The summed E-state index contributed by atoms with van der Waals surface area (Å²) in [6.45, 7) is 2.06. The second-order valence-corrected chi connectivity index (χ2v) is 4.85. The van der Waals surface area contributed by atoms with Crippen molar-refractivity contribution in [3.8, 4) is 0 Å². The van der Waals surface area contributed by atoms with Crippen LogP contribution in [0.15, 0.2) is 48.8 Å². The second kappa shape index (κ2) is 4.81. The number of carboxylic acids is 1. The lowest BCUT2D eigenvalue weighted by atomic mass is 10.1. The van der Waals surface area contributed by atoms with E-state index < -0.39 is 5.97 Å². The van der Waals surface area contributed by atoms with Crippen LogP contribution < -0.4 is 0 Å². The summed E-state index contributed by atoms with van der Waals surface area (Å²) in [5, 5.41) is 8.98. The first-order chi connectivity index (χ1) is 9.63. The van der Waals surface area contributed by atoms with Gasteiger partial charge in [-0.2, -0.15) is 0 Å². The number of imidazole rings is 1. The van der Waals surface area contributed by atoms with Gasteiger partial charge in [-0.15, -0.1) is 0 Å². The Morgan fingerprint density at radius 3 is 2.70 bits per heavy atom. The Kier molecular flexibility index (Phi) is 2.99. The van der Waals surface area contributed by atoms with Gasteiger partial charge in [-0.1, -0.05) is 29.8 Å². The van der Waals surface area contributed by atoms with E-state index in [2.05, 4.69) is 36.2 Å². The SMILES string of the molecule is Cc1ccc(Cc2ncc3cc(C(=O)O)ccn23)cc1. The number of aromatic nitrogens is 2. The van der Waals surface area contributed by atoms with E-state index in [0.717, 1.165) is 17.8 Å². The lowest BCUT2D eigenvalue weighted by Crippen LogP contribution is -2.00. The first kappa shape index (κ1) is 12.4. The van der Waals surface area contributed by atoms with E-state index in [1.165, 1.54) is 11.1 Å². The fraction of sp³-hybridized carbons (Fsp3) is 0.125. The fourth-order valence-corrected chi connectivity index (χ4v) is 2.21. The van der Waals surface area contributed by atoms with Gasteiger partial charge in [-0.25, -0.2) is 9.78 Å². The van der Waals surface area contributed by atoms with Gasteiger partial charge in [0.2, 0.25) is 0 Å². The molecule has 0 atom stereocenters. The molecule has 1 aromatic carbocycles. The van der Waals surface area contributed by atoms with Gasteiger partial charge in [0.15, 0.2) is 0 Å². The molecule has 0 unspecified atom stereocenters. The average Bonchev–Trinajstić information content (AvgIpc) is 2.84. The van der Waals surface area contributed by atoms with Crippen molar-refractivity contribution in [2.24, 2.45) is 0 Å². The summed E-state index contributed by atoms with van der Waals surface area (Å²) in [6.07, 6.45) is 4.19. The number of fused-ring (bicyclic) bond motifs is 1. The highest BCUT2D eigenvalue weighted by molar-refractivity contribution is 5.88. The highest BCUT2D eigenvalue weighted by Gasteiger charge is 2.08. The van der Waals surface area contributed by atoms with Crippen LogP contribution >= 0.6 is 0 Å². The molecule has 1 N–H and O–H groups in total. The molecule has 0 saturated carbocycles. The van der Waals surface area contributed by atoms with E-state index in [0.29, 0.717) is 0 Å². The number of hydrogen-bond acceptors (Lipinski definition) is 2. The summed E-state index contributed by atoms with van der Waals surface area (Å²) in [5.41, 5.74) is 3.49. The Morgan fingerprint density at radius 1 is 1.25 bits per heavy atom. The van der Waals surface area contributed by atoms with Crippen molar-refractivity contribution in [3.05, 3.63) is 71.3 Å². The van der Waals surface area contributed by atoms with Crippen molar-refractivity contribution in [1.29, 1.82) is 0 Å². The average molecular weight is 266 g/mol. The van der Waals surface area contributed by atoms with Gasteiger partial charge in [-0.3, -0.25) is 0 Å². The first-order valence-corrected chi connectivity index (χ1v) is 6.38. The molecule has 0 radical (unpaired) electrons. The number of pyridine rings is 1. The van der Waals surface area contributed by atoms with Gasteiger partial charge in [-0.05, 0) is 24.6 Å². The zero-order chi connectivity index (χ0) is 14.1. The summed E-state index contributed by atoms with van der Waals surface area (Å²) >= 11 is 0. The van der Waals surface area contributed by atoms with Crippen LogP contribution in [0.1, 0.15) is 27.3 Å². The number of benzene rings is 1. The molecule has 2 aromatic heterocycles. The maximum absolute atomic E-state index is 10.9. The molecule has 0 saturated heterocycles. The largest absolute Gasteiger partial charge is 0.478 e. The molecule has 4 nitrogen and oxygen atoms in total. The number of hydrogen-bond donors (Lipinski definition) is 1. The first-order valence-electron chi connectivity index (χ1n) is 6.38. The molecule has 2 heterocycles. The minimum Gasteiger partial charge on any atom is -0.478 e. The van der Waals surface area contributed by atoms with E-state index in [-0.39, 0.29) is 5.56 Å². The molecule has 3 rings (SSSR count). The smallest absolute Gasteiger partial charge is 0.335 e. The molecule has 100 valence electrons. The van der Waals surface area contributed by atoms with Gasteiger partial charge in [0.1, 0.15) is 5.82 Å². The molecule has 4 heteroatoms. The van der Waals surface area contributed by atoms with Crippen molar-refractivity contribution < 1.29 is 9.90 Å². The van der Waals surface area contributed by atoms with Crippen molar-refractivity contribution in [3.63, 3.8) is 0 Å². The molecule has 0 spiro atoms. The minimum absolute atomic E-state index is 0.277. The Bertz CT molecular complexity index is 773. The number of nitrogens with zero attached hydrogens (tertiary/aromatic N) is 2. The Labute approximate surface area is 116 Å². The molecule has 3 aromatic rings. The summed E-state index contributed by atoms with van der Waals surface area (Å²) < 4.78 is 1.92. The predicted octanol–water partition coefficient (Wildman–Crippen LogP) is 2.93. The van der Waals surface area contributed by atoms with Gasteiger partial charge in [0.25, 0.3) is 0 Å². The minimum atomic E-state index is -0.922. The maximum Gasteiger partial charge on any atom is 0.335 e. The van der Waals surface area contributed by atoms with Gasteiger partial charge in [0, 0.05) is 12.6 Å². The van der Waals surface area contributed by atoms with E-state index >= 15 is 0 Å². The third-order valence-corrected chi connectivity index (χ3v) is 3.34. The van der Waals surface area contributed by atoms with E-state index in [1.807, 2.05) is 4.40 Å². The molecule has 0 aliphatic carbocycles. The number of carboxylic acid groups (broad SMARTS) is 1. The van der Waals surface area contributed by atoms with Crippen LogP contribution in [-0.2, 0) is 6.42 Å². The third-order valence-electron chi connectivity index (χ3n) is 3.34. The fourth-order valence-electron chi connectivity index (χ4n) is 2.21. The van der Waals surface area contributed by atoms with E-state index in [1.54, 1.807) is 24.5 Å². The number of aryl methyl sites for hydroxylation is 1. The van der Waals surface area contributed by atoms with Crippen molar-refractivity contribution in [2.75, 3.05) is 0 Å². The molecule has 0 aliphatic rings. The Morgan fingerprint density at radius 2 is 2.00 bits per heavy atom.